The lowest BCUT2D eigenvalue weighted by Gasteiger charge is -1.99. The van der Waals surface area contributed by atoms with Crippen LogP contribution in [0.25, 0.3) is 0 Å². The van der Waals surface area contributed by atoms with Crippen molar-refractivity contribution < 1.29 is 23.2 Å². The lowest BCUT2D eigenvalue weighted by atomic mass is 10.4. The normalized spacial score (nSPS) is 15.4. The number of aliphatic hydroxyl groups is 2. The zero-order valence-electron chi connectivity index (χ0n) is 4.30. The van der Waals surface area contributed by atoms with Crippen LogP contribution in [0.2, 0.25) is 0 Å². The van der Waals surface area contributed by atoms with Gasteiger partial charge in [0, 0.05) is 0 Å². The van der Waals surface area contributed by atoms with Crippen LogP contribution in [0.3, 0.4) is 0 Å². The van der Waals surface area contributed by atoms with Crippen molar-refractivity contribution in [3.8, 4) is 0 Å². The van der Waals surface area contributed by atoms with Crippen LogP contribution < -0.4 is 0 Å². The Morgan fingerprint density at radius 3 is 2.00 bits per heavy atom. The Morgan fingerprint density at radius 2 is 1.89 bits per heavy atom. The highest BCUT2D eigenvalue weighted by Crippen LogP contribution is 1.97. The molecule has 0 aromatic carbocycles. The molecule has 0 fully saturated rings. The maximum Gasteiger partial charge on any atom is 0.271 e. The van der Waals surface area contributed by atoms with E-state index in [1.165, 1.54) is 0 Å². The highest BCUT2D eigenvalue weighted by molar-refractivity contribution is 7.87. The molecule has 0 aromatic heterocycles. The standard InChI is InChI=1S/C3H6O5S/c4-1-3(5)2-9(6,7)8/h1-5H,(H,6,7,8). The summed E-state index contributed by atoms with van der Waals surface area (Å²) in [7, 11) is -4.30. The van der Waals surface area contributed by atoms with Gasteiger partial charge in [-0.3, -0.25) is 4.55 Å². The molecule has 5 nitrogen and oxygen atoms in total. The van der Waals surface area contributed by atoms with Gasteiger partial charge >= 0.3 is 0 Å². The van der Waals surface area contributed by atoms with Crippen LogP contribution in [0.5, 0.6) is 0 Å². The third-order valence-corrected chi connectivity index (χ3v) is 1.09. The smallest absolute Gasteiger partial charge is 0.271 e. The SMILES string of the molecule is O=S(=O)(O)[CH]C(O)[CH]O. The zero-order valence-corrected chi connectivity index (χ0v) is 5.11. The van der Waals surface area contributed by atoms with Gasteiger partial charge in [0.25, 0.3) is 10.1 Å². The first-order valence-electron chi connectivity index (χ1n) is 1.93. The lowest BCUT2D eigenvalue weighted by Crippen LogP contribution is -2.14. The van der Waals surface area contributed by atoms with Gasteiger partial charge in [0.2, 0.25) is 0 Å². The summed E-state index contributed by atoms with van der Waals surface area (Å²) >= 11 is 0. The Labute approximate surface area is 52.7 Å². The van der Waals surface area contributed by atoms with Crippen LogP contribution in [0, 0.1) is 12.4 Å². The van der Waals surface area contributed by atoms with Crippen molar-refractivity contribution in [2.24, 2.45) is 0 Å². The molecule has 0 aromatic rings. The fourth-order valence-corrected chi connectivity index (χ4v) is 0.634. The molecule has 0 aliphatic heterocycles. The van der Waals surface area contributed by atoms with Gasteiger partial charge in [0.15, 0.2) is 0 Å². The van der Waals surface area contributed by atoms with E-state index >= 15 is 0 Å². The molecule has 0 heterocycles. The van der Waals surface area contributed by atoms with Gasteiger partial charge in [0.1, 0.15) is 18.5 Å². The summed E-state index contributed by atoms with van der Waals surface area (Å²) in [6.45, 7) is 0.230. The fourth-order valence-electron chi connectivity index (χ4n) is 0.211. The molecule has 0 rings (SSSR count). The first-order chi connectivity index (χ1) is 3.95. The Hall–Kier alpha value is -0.170. The number of hydrogen-bond acceptors (Lipinski definition) is 4. The van der Waals surface area contributed by atoms with Gasteiger partial charge in [-0.05, 0) is 0 Å². The molecular formula is C3H6O5S. The van der Waals surface area contributed by atoms with Crippen molar-refractivity contribution in [1.82, 2.24) is 0 Å². The Balaban J connectivity index is 3.75. The summed E-state index contributed by atoms with van der Waals surface area (Å²) in [4.78, 5) is 0. The van der Waals surface area contributed by atoms with Crippen molar-refractivity contribution in [1.29, 1.82) is 0 Å². The molecule has 0 aliphatic rings. The molecule has 1 atom stereocenters. The highest BCUT2D eigenvalue weighted by Gasteiger charge is 2.13. The predicted octanol–water partition coefficient (Wildman–Crippen LogP) is -1.07. The molecule has 0 aliphatic carbocycles. The summed E-state index contributed by atoms with van der Waals surface area (Å²) < 4.78 is 27.6. The molecule has 0 spiro atoms. The highest BCUT2D eigenvalue weighted by atomic mass is 32.2. The van der Waals surface area contributed by atoms with Crippen LogP contribution in [0.15, 0.2) is 0 Å². The average Bonchev–Trinajstić information content (AvgIpc) is 1.62. The molecule has 3 N–H and O–H groups in total. The number of aliphatic hydroxyl groups excluding tert-OH is 2. The van der Waals surface area contributed by atoms with E-state index in [2.05, 4.69) is 0 Å². The minimum Gasteiger partial charge on any atom is -0.389 e. The Morgan fingerprint density at radius 1 is 1.44 bits per heavy atom. The van der Waals surface area contributed by atoms with Gasteiger partial charge in [-0.25, -0.2) is 0 Å². The third kappa shape index (κ3) is 5.71. The third-order valence-electron chi connectivity index (χ3n) is 0.464. The van der Waals surface area contributed by atoms with E-state index in [0.29, 0.717) is 0 Å². The van der Waals surface area contributed by atoms with E-state index in [1.54, 1.807) is 0 Å². The second kappa shape index (κ2) is 3.11. The number of rotatable bonds is 3. The maximum atomic E-state index is 9.81. The molecule has 2 radical (unpaired) electrons. The van der Waals surface area contributed by atoms with E-state index in [0.717, 1.165) is 0 Å². The van der Waals surface area contributed by atoms with Crippen molar-refractivity contribution in [3.63, 3.8) is 0 Å². The van der Waals surface area contributed by atoms with Gasteiger partial charge in [-0.15, -0.1) is 0 Å². The van der Waals surface area contributed by atoms with Crippen molar-refractivity contribution in [3.05, 3.63) is 12.4 Å². The average molecular weight is 154 g/mol. The summed E-state index contributed by atoms with van der Waals surface area (Å²) in [5.74, 6) is 0.188. The van der Waals surface area contributed by atoms with Crippen LogP contribution in [0.4, 0.5) is 0 Å². The van der Waals surface area contributed by atoms with Crippen molar-refractivity contribution >= 4 is 10.1 Å². The molecule has 0 saturated heterocycles. The van der Waals surface area contributed by atoms with Crippen LogP contribution in [0.1, 0.15) is 0 Å². The first kappa shape index (κ1) is 8.83. The monoisotopic (exact) mass is 154 g/mol. The zero-order chi connectivity index (χ0) is 7.49. The summed E-state index contributed by atoms with van der Waals surface area (Å²) in [5, 5.41) is 16.2. The molecule has 9 heavy (non-hydrogen) atoms. The van der Waals surface area contributed by atoms with E-state index < -0.39 is 16.2 Å². The van der Waals surface area contributed by atoms with Crippen LogP contribution in [-0.4, -0.2) is 29.3 Å². The van der Waals surface area contributed by atoms with Gasteiger partial charge in [-0.1, -0.05) is 0 Å². The molecule has 6 heteroatoms. The lowest BCUT2D eigenvalue weighted by molar-refractivity contribution is 0.176. The van der Waals surface area contributed by atoms with E-state index in [1.807, 2.05) is 0 Å². The molecular weight excluding hydrogens is 148 g/mol. The van der Waals surface area contributed by atoms with E-state index in [-0.39, 0.29) is 12.4 Å². The van der Waals surface area contributed by atoms with Gasteiger partial charge in [0.05, 0.1) is 0 Å². The Kier molecular flexibility index (Phi) is 3.06. The Bertz CT molecular complexity index is 159. The molecule has 54 valence electrons. The van der Waals surface area contributed by atoms with Gasteiger partial charge in [-0.2, -0.15) is 8.42 Å². The van der Waals surface area contributed by atoms with Gasteiger partial charge < -0.3 is 10.2 Å². The summed E-state index contributed by atoms with van der Waals surface area (Å²) in [6, 6.07) is 0. The van der Waals surface area contributed by atoms with E-state index in [9.17, 15) is 8.42 Å². The topological polar surface area (TPSA) is 94.8 Å². The largest absolute Gasteiger partial charge is 0.389 e. The second-order valence-corrected chi connectivity index (χ2v) is 2.59. The summed E-state index contributed by atoms with van der Waals surface area (Å²) in [6.07, 6.45) is -1.64. The minimum absolute atomic E-state index is 0.188. The predicted molar refractivity (Wildman–Crippen MR) is 28.1 cm³/mol. The van der Waals surface area contributed by atoms with Crippen molar-refractivity contribution in [2.75, 3.05) is 0 Å². The fraction of sp³-hybridized carbons (Fsp3) is 0.333. The van der Waals surface area contributed by atoms with Crippen LogP contribution >= 0.6 is 0 Å². The first-order valence-corrected chi connectivity index (χ1v) is 3.44. The second-order valence-electron chi connectivity index (χ2n) is 1.29. The molecule has 0 bridgehead atoms. The molecule has 0 amide bonds. The van der Waals surface area contributed by atoms with Crippen LogP contribution in [-0.2, 0) is 10.1 Å². The quantitative estimate of drug-likeness (QED) is 0.450. The minimum atomic E-state index is -4.30. The number of hydrogen-bond donors (Lipinski definition) is 3. The molecule has 0 saturated carbocycles. The van der Waals surface area contributed by atoms with Crippen molar-refractivity contribution in [2.45, 2.75) is 6.10 Å². The molecule has 1 unspecified atom stereocenters. The van der Waals surface area contributed by atoms with E-state index in [4.69, 9.17) is 14.8 Å². The summed E-state index contributed by atoms with van der Waals surface area (Å²) in [5.41, 5.74) is 0. The maximum absolute atomic E-state index is 9.81.